The number of benzene rings is 3. The standard InChI is InChI=1S/C29H22O7/c1-16-9-17(2)29-22(10-16)19(12-27(30)36-29)14-34-20-4-5-21-25(13-20)35-15-23(28(21)31)18-3-6-24-26(11-18)33-8-7-32-24/h3-6,9-13,15H,7-8,14H2,1-2H3. The Morgan fingerprint density at radius 3 is 2.56 bits per heavy atom. The molecule has 0 N–H and O–H groups in total. The second kappa shape index (κ2) is 8.61. The third-order valence-electron chi connectivity index (χ3n) is 6.25. The molecule has 0 amide bonds. The fraction of sp³-hybridized carbons (Fsp3) is 0.172. The van der Waals surface area contributed by atoms with E-state index < -0.39 is 5.63 Å². The van der Waals surface area contributed by atoms with Crippen LogP contribution in [-0.4, -0.2) is 13.2 Å². The molecule has 7 heteroatoms. The van der Waals surface area contributed by atoms with Gasteiger partial charge in [-0.1, -0.05) is 12.1 Å². The SMILES string of the molecule is Cc1cc(C)c2oc(=O)cc(COc3ccc4c(=O)c(-c5ccc6c(c5)OCCO6)coc4c3)c2c1. The molecule has 1 aliphatic rings. The summed E-state index contributed by atoms with van der Waals surface area (Å²) in [6, 6.07) is 15.9. The Kier molecular flexibility index (Phi) is 5.25. The van der Waals surface area contributed by atoms with Gasteiger partial charge < -0.3 is 23.0 Å². The van der Waals surface area contributed by atoms with Crippen molar-refractivity contribution in [2.24, 2.45) is 0 Å². The predicted molar refractivity (Wildman–Crippen MR) is 135 cm³/mol. The van der Waals surface area contributed by atoms with Crippen LogP contribution in [0.3, 0.4) is 0 Å². The molecule has 7 nitrogen and oxygen atoms in total. The number of aryl methyl sites for hydroxylation is 2. The Balaban J connectivity index is 1.31. The van der Waals surface area contributed by atoms with Crippen molar-refractivity contribution in [2.75, 3.05) is 13.2 Å². The van der Waals surface area contributed by atoms with E-state index in [9.17, 15) is 9.59 Å². The molecule has 0 saturated carbocycles. The monoisotopic (exact) mass is 482 g/mol. The highest BCUT2D eigenvalue weighted by molar-refractivity contribution is 5.84. The minimum Gasteiger partial charge on any atom is -0.489 e. The highest BCUT2D eigenvalue weighted by Crippen LogP contribution is 2.34. The first kappa shape index (κ1) is 22.0. The van der Waals surface area contributed by atoms with Crippen LogP contribution in [0.1, 0.15) is 16.7 Å². The summed E-state index contributed by atoms with van der Waals surface area (Å²) < 4.78 is 28.4. The molecule has 0 atom stereocenters. The minimum atomic E-state index is -0.427. The van der Waals surface area contributed by atoms with Crippen LogP contribution >= 0.6 is 0 Å². The van der Waals surface area contributed by atoms with E-state index in [2.05, 4.69) is 0 Å². The second-order valence-electron chi connectivity index (χ2n) is 8.83. The molecule has 0 bridgehead atoms. The fourth-order valence-electron chi connectivity index (χ4n) is 4.57. The zero-order chi connectivity index (χ0) is 24.8. The molecular formula is C29H22O7. The predicted octanol–water partition coefficient (Wildman–Crippen LogP) is 5.53. The van der Waals surface area contributed by atoms with E-state index in [4.69, 9.17) is 23.0 Å². The normalized spacial score (nSPS) is 12.7. The Morgan fingerprint density at radius 2 is 1.69 bits per heavy atom. The van der Waals surface area contributed by atoms with Gasteiger partial charge >= 0.3 is 5.63 Å². The molecule has 180 valence electrons. The molecule has 3 heterocycles. The first-order valence-electron chi connectivity index (χ1n) is 11.6. The molecule has 0 aliphatic carbocycles. The first-order valence-corrected chi connectivity index (χ1v) is 11.6. The number of fused-ring (bicyclic) bond motifs is 3. The zero-order valence-electron chi connectivity index (χ0n) is 19.8. The molecule has 0 saturated heterocycles. The first-order chi connectivity index (χ1) is 17.5. The second-order valence-corrected chi connectivity index (χ2v) is 8.83. The van der Waals surface area contributed by atoms with E-state index in [0.717, 1.165) is 22.1 Å². The Labute approximate surface area is 205 Å². The molecule has 0 radical (unpaired) electrons. The Hall–Kier alpha value is -4.52. The number of ether oxygens (including phenoxy) is 3. The number of hydrogen-bond acceptors (Lipinski definition) is 7. The van der Waals surface area contributed by atoms with Gasteiger partial charge in [-0.3, -0.25) is 4.79 Å². The van der Waals surface area contributed by atoms with Gasteiger partial charge in [-0.2, -0.15) is 0 Å². The topological polar surface area (TPSA) is 88.1 Å². The zero-order valence-corrected chi connectivity index (χ0v) is 19.8. The van der Waals surface area contributed by atoms with E-state index in [-0.39, 0.29) is 12.0 Å². The fourth-order valence-corrected chi connectivity index (χ4v) is 4.57. The average molecular weight is 482 g/mol. The highest BCUT2D eigenvalue weighted by Gasteiger charge is 2.16. The van der Waals surface area contributed by atoms with E-state index in [1.165, 1.54) is 12.3 Å². The third-order valence-corrected chi connectivity index (χ3v) is 6.25. The van der Waals surface area contributed by atoms with Crippen molar-refractivity contribution in [3.63, 3.8) is 0 Å². The maximum absolute atomic E-state index is 13.2. The van der Waals surface area contributed by atoms with Gasteiger partial charge in [0.1, 0.15) is 43.0 Å². The summed E-state index contributed by atoms with van der Waals surface area (Å²) in [6.45, 7) is 5.03. The maximum atomic E-state index is 13.2. The van der Waals surface area contributed by atoms with Crippen LogP contribution in [0.15, 0.2) is 79.3 Å². The average Bonchev–Trinajstić information content (AvgIpc) is 2.88. The molecule has 36 heavy (non-hydrogen) atoms. The maximum Gasteiger partial charge on any atom is 0.336 e. The van der Waals surface area contributed by atoms with Crippen molar-refractivity contribution in [1.29, 1.82) is 0 Å². The van der Waals surface area contributed by atoms with Crippen molar-refractivity contribution in [2.45, 2.75) is 20.5 Å². The van der Waals surface area contributed by atoms with Gasteiger partial charge in [-0.05, 0) is 60.9 Å². The van der Waals surface area contributed by atoms with Gasteiger partial charge in [0.25, 0.3) is 0 Å². The summed E-state index contributed by atoms with van der Waals surface area (Å²) in [5.41, 5.74) is 4.19. The summed E-state index contributed by atoms with van der Waals surface area (Å²) >= 11 is 0. The quantitative estimate of drug-likeness (QED) is 0.311. The van der Waals surface area contributed by atoms with Gasteiger partial charge in [-0.25, -0.2) is 4.79 Å². The lowest BCUT2D eigenvalue weighted by molar-refractivity contribution is 0.171. The van der Waals surface area contributed by atoms with Gasteiger partial charge in [0.2, 0.25) is 0 Å². The molecule has 6 rings (SSSR count). The molecular weight excluding hydrogens is 460 g/mol. The smallest absolute Gasteiger partial charge is 0.336 e. The summed E-state index contributed by atoms with van der Waals surface area (Å²) in [4.78, 5) is 25.3. The minimum absolute atomic E-state index is 0.155. The van der Waals surface area contributed by atoms with Crippen LogP contribution in [0.2, 0.25) is 0 Å². The summed E-state index contributed by atoms with van der Waals surface area (Å²) in [7, 11) is 0. The Morgan fingerprint density at radius 1 is 0.861 bits per heavy atom. The van der Waals surface area contributed by atoms with Crippen LogP contribution in [-0.2, 0) is 6.61 Å². The molecule has 5 aromatic rings. The Bertz CT molecular complexity index is 1760. The van der Waals surface area contributed by atoms with E-state index in [1.807, 2.05) is 32.0 Å². The lowest BCUT2D eigenvalue weighted by atomic mass is 10.0. The molecule has 3 aromatic carbocycles. The van der Waals surface area contributed by atoms with Gasteiger partial charge in [0.05, 0.1) is 10.9 Å². The summed E-state index contributed by atoms with van der Waals surface area (Å²) in [5.74, 6) is 1.78. The van der Waals surface area contributed by atoms with E-state index >= 15 is 0 Å². The number of hydrogen-bond donors (Lipinski definition) is 0. The van der Waals surface area contributed by atoms with Gasteiger partial charge in [0, 0.05) is 23.1 Å². The van der Waals surface area contributed by atoms with Crippen LogP contribution in [0, 0.1) is 13.8 Å². The van der Waals surface area contributed by atoms with Crippen LogP contribution in [0.5, 0.6) is 17.2 Å². The third kappa shape index (κ3) is 3.88. The van der Waals surface area contributed by atoms with Crippen molar-refractivity contribution in [3.05, 3.63) is 98.2 Å². The molecule has 0 fully saturated rings. The van der Waals surface area contributed by atoms with Gasteiger partial charge in [0.15, 0.2) is 16.9 Å². The summed E-state index contributed by atoms with van der Waals surface area (Å²) in [6.07, 6.45) is 1.45. The lowest BCUT2D eigenvalue weighted by Crippen LogP contribution is -2.15. The van der Waals surface area contributed by atoms with Crippen LogP contribution in [0.4, 0.5) is 0 Å². The molecule has 2 aromatic heterocycles. The van der Waals surface area contributed by atoms with Crippen molar-refractivity contribution in [3.8, 4) is 28.4 Å². The van der Waals surface area contributed by atoms with E-state index in [1.54, 1.807) is 30.3 Å². The largest absolute Gasteiger partial charge is 0.489 e. The van der Waals surface area contributed by atoms with Crippen molar-refractivity contribution in [1.82, 2.24) is 0 Å². The number of rotatable bonds is 4. The molecule has 0 unspecified atom stereocenters. The lowest BCUT2D eigenvalue weighted by Gasteiger charge is -2.18. The van der Waals surface area contributed by atoms with Gasteiger partial charge in [-0.15, -0.1) is 0 Å². The van der Waals surface area contributed by atoms with Crippen LogP contribution < -0.4 is 25.3 Å². The van der Waals surface area contributed by atoms with Crippen LogP contribution in [0.25, 0.3) is 33.1 Å². The molecule has 1 aliphatic heterocycles. The van der Waals surface area contributed by atoms with E-state index in [0.29, 0.717) is 58.1 Å². The van der Waals surface area contributed by atoms with Crippen molar-refractivity contribution >= 4 is 21.9 Å². The molecule has 0 spiro atoms. The summed E-state index contributed by atoms with van der Waals surface area (Å²) in [5, 5.41) is 1.27. The van der Waals surface area contributed by atoms with Crippen molar-refractivity contribution < 1.29 is 23.0 Å². The highest BCUT2D eigenvalue weighted by atomic mass is 16.6.